The van der Waals surface area contributed by atoms with E-state index in [2.05, 4.69) is 38.2 Å². The van der Waals surface area contributed by atoms with Gasteiger partial charge in [-0.15, -0.1) is 0 Å². The molecule has 1 aliphatic carbocycles. The van der Waals surface area contributed by atoms with Crippen LogP contribution in [0.3, 0.4) is 0 Å². The van der Waals surface area contributed by atoms with Gasteiger partial charge in [0, 0.05) is 18.0 Å². The molecule has 0 radical (unpaired) electrons. The molecule has 1 fully saturated rings. The highest BCUT2D eigenvalue weighted by atomic mass is 16.5. The van der Waals surface area contributed by atoms with E-state index in [1.54, 1.807) is 0 Å². The minimum atomic E-state index is 0.107. The van der Waals surface area contributed by atoms with Gasteiger partial charge >= 0.3 is 0 Å². The standard InChI is InChI=1S/C20H31NO/c1-4-5-8-11-21-18-14-20(9-6-7-10-20)22-19-16(3)12-15(2)13-17(18)19/h12-13,18,21H,4-11,14H2,1-3H3. The van der Waals surface area contributed by atoms with Gasteiger partial charge in [0.15, 0.2) is 0 Å². The third kappa shape index (κ3) is 3.17. The molecule has 1 N–H and O–H groups in total. The van der Waals surface area contributed by atoms with Gasteiger partial charge in [0.25, 0.3) is 0 Å². The summed E-state index contributed by atoms with van der Waals surface area (Å²) in [6, 6.07) is 5.07. The average molecular weight is 301 g/mol. The topological polar surface area (TPSA) is 21.3 Å². The molecule has 1 aromatic rings. The molecule has 2 heteroatoms. The zero-order valence-electron chi connectivity index (χ0n) is 14.5. The van der Waals surface area contributed by atoms with Gasteiger partial charge in [0.05, 0.1) is 0 Å². The highest BCUT2D eigenvalue weighted by molar-refractivity contribution is 5.47. The summed E-state index contributed by atoms with van der Waals surface area (Å²) in [5, 5.41) is 3.84. The van der Waals surface area contributed by atoms with E-state index in [-0.39, 0.29) is 5.60 Å². The van der Waals surface area contributed by atoms with Crippen molar-refractivity contribution in [1.82, 2.24) is 5.32 Å². The molecule has 2 nitrogen and oxygen atoms in total. The van der Waals surface area contributed by atoms with Crippen LogP contribution in [-0.4, -0.2) is 12.1 Å². The summed E-state index contributed by atoms with van der Waals surface area (Å²) in [5.74, 6) is 1.17. The van der Waals surface area contributed by atoms with Gasteiger partial charge < -0.3 is 10.1 Å². The normalized spacial score (nSPS) is 22.6. The minimum Gasteiger partial charge on any atom is -0.487 e. The third-order valence-corrected chi connectivity index (χ3v) is 5.40. The Morgan fingerprint density at radius 2 is 1.95 bits per heavy atom. The van der Waals surface area contributed by atoms with E-state index < -0.39 is 0 Å². The molecule has 2 aliphatic rings. The number of fused-ring (bicyclic) bond motifs is 1. The van der Waals surface area contributed by atoms with Crippen molar-refractivity contribution >= 4 is 0 Å². The predicted molar refractivity (Wildman–Crippen MR) is 92.6 cm³/mol. The molecular weight excluding hydrogens is 270 g/mol. The number of ether oxygens (including phenoxy) is 1. The van der Waals surface area contributed by atoms with Crippen molar-refractivity contribution in [2.75, 3.05) is 6.54 Å². The maximum atomic E-state index is 6.58. The highest BCUT2D eigenvalue weighted by Gasteiger charge is 2.43. The highest BCUT2D eigenvalue weighted by Crippen LogP contribution is 2.48. The van der Waals surface area contributed by atoms with Crippen LogP contribution >= 0.6 is 0 Å². The number of aryl methyl sites for hydroxylation is 2. The molecule has 1 heterocycles. The lowest BCUT2D eigenvalue weighted by molar-refractivity contribution is 0.0359. The Kier molecular flexibility index (Phi) is 4.77. The molecule has 22 heavy (non-hydrogen) atoms. The summed E-state index contributed by atoms with van der Waals surface area (Å²) in [5.41, 5.74) is 4.16. The maximum Gasteiger partial charge on any atom is 0.127 e. The number of nitrogens with one attached hydrogen (secondary N) is 1. The zero-order valence-corrected chi connectivity index (χ0v) is 14.5. The fourth-order valence-electron chi connectivity index (χ4n) is 4.28. The van der Waals surface area contributed by atoms with E-state index in [9.17, 15) is 0 Å². The fourth-order valence-corrected chi connectivity index (χ4v) is 4.28. The van der Waals surface area contributed by atoms with Crippen LogP contribution in [0, 0.1) is 13.8 Å². The molecule has 3 rings (SSSR count). The third-order valence-electron chi connectivity index (χ3n) is 5.40. The van der Waals surface area contributed by atoms with E-state index in [0.29, 0.717) is 6.04 Å². The molecule has 0 saturated heterocycles. The largest absolute Gasteiger partial charge is 0.487 e. The Bertz CT molecular complexity index is 517. The minimum absolute atomic E-state index is 0.107. The molecule has 0 aromatic heterocycles. The van der Waals surface area contributed by atoms with Crippen molar-refractivity contribution in [3.63, 3.8) is 0 Å². The second kappa shape index (κ2) is 6.62. The molecule has 1 saturated carbocycles. The maximum absolute atomic E-state index is 6.58. The molecule has 1 unspecified atom stereocenters. The van der Waals surface area contributed by atoms with Crippen LogP contribution in [0.4, 0.5) is 0 Å². The van der Waals surface area contributed by atoms with Gasteiger partial charge in [-0.25, -0.2) is 0 Å². The van der Waals surface area contributed by atoms with Gasteiger partial charge in [0.1, 0.15) is 11.4 Å². The SMILES string of the molecule is CCCCCNC1CC2(CCCC2)Oc2c(C)cc(C)cc21. The van der Waals surface area contributed by atoms with E-state index >= 15 is 0 Å². The number of unbranched alkanes of at least 4 members (excludes halogenated alkanes) is 2. The lowest BCUT2D eigenvalue weighted by Gasteiger charge is -2.41. The van der Waals surface area contributed by atoms with Crippen molar-refractivity contribution in [3.05, 3.63) is 28.8 Å². The van der Waals surface area contributed by atoms with Gasteiger partial charge in [-0.3, -0.25) is 0 Å². The first-order valence-corrected chi connectivity index (χ1v) is 9.17. The quantitative estimate of drug-likeness (QED) is 0.753. The number of rotatable bonds is 5. The van der Waals surface area contributed by atoms with Crippen molar-refractivity contribution < 1.29 is 4.74 Å². The first-order chi connectivity index (χ1) is 10.6. The molecule has 0 amide bonds. The first-order valence-electron chi connectivity index (χ1n) is 9.17. The summed E-state index contributed by atoms with van der Waals surface area (Å²) < 4.78 is 6.58. The summed E-state index contributed by atoms with van der Waals surface area (Å²) in [6.45, 7) is 7.79. The Morgan fingerprint density at radius 3 is 2.68 bits per heavy atom. The predicted octanol–water partition coefficient (Wildman–Crippen LogP) is 5.22. The van der Waals surface area contributed by atoms with Crippen molar-refractivity contribution in [3.8, 4) is 5.75 Å². The lowest BCUT2D eigenvalue weighted by atomic mass is 9.84. The summed E-state index contributed by atoms with van der Waals surface area (Å²) in [7, 11) is 0. The van der Waals surface area contributed by atoms with E-state index in [0.717, 1.165) is 13.0 Å². The summed E-state index contributed by atoms with van der Waals surface area (Å²) in [6.07, 6.45) is 10.1. The zero-order chi connectivity index (χ0) is 15.6. The number of benzene rings is 1. The van der Waals surface area contributed by atoms with Gasteiger partial charge in [-0.05, 0) is 58.1 Å². The van der Waals surface area contributed by atoms with Gasteiger partial charge in [-0.1, -0.05) is 37.5 Å². The van der Waals surface area contributed by atoms with Gasteiger partial charge in [0.2, 0.25) is 0 Å². The molecule has 1 atom stereocenters. The first kappa shape index (κ1) is 15.9. The van der Waals surface area contributed by atoms with Crippen molar-refractivity contribution in [2.24, 2.45) is 0 Å². The van der Waals surface area contributed by atoms with E-state index in [4.69, 9.17) is 4.74 Å². The monoisotopic (exact) mass is 301 g/mol. The van der Waals surface area contributed by atoms with E-state index in [1.807, 2.05) is 0 Å². The summed E-state index contributed by atoms with van der Waals surface area (Å²) >= 11 is 0. The lowest BCUT2D eigenvalue weighted by Crippen LogP contribution is -2.42. The Hall–Kier alpha value is -1.02. The van der Waals surface area contributed by atoms with Gasteiger partial charge in [-0.2, -0.15) is 0 Å². The summed E-state index contributed by atoms with van der Waals surface area (Å²) in [4.78, 5) is 0. The Labute approximate surface area is 135 Å². The van der Waals surface area contributed by atoms with Crippen LogP contribution in [-0.2, 0) is 0 Å². The van der Waals surface area contributed by atoms with Crippen molar-refractivity contribution in [1.29, 1.82) is 0 Å². The van der Waals surface area contributed by atoms with Crippen LogP contribution in [0.2, 0.25) is 0 Å². The number of hydrogen-bond acceptors (Lipinski definition) is 2. The molecule has 1 spiro atoms. The Balaban J connectivity index is 1.84. The second-order valence-corrected chi connectivity index (χ2v) is 7.41. The van der Waals surface area contributed by atoms with Crippen LogP contribution in [0.15, 0.2) is 12.1 Å². The average Bonchev–Trinajstić information content (AvgIpc) is 2.93. The van der Waals surface area contributed by atoms with E-state index in [1.165, 1.54) is 67.4 Å². The fraction of sp³-hybridized carbons (Fsp3) is 0.700. The molecular formula is C20H31NO. The molecule has 1 aliphatic heterocycles. The molecule has 122 valence electrons. The second-order valence-electron chi connectivity index (χ2n) is 7.41. The van der Waals surface area contributed by atoms with Crippen LogP contribution in [0.5, 0.6) is 5.75 Å². The number of hydrogen-bond donors (Lipinski definition) is 1. The smallest absolute Gasteiger partial charge is 0.127 e. The van der Waals surface area contributed by atoms with Crippen LogP contribution in [0.25, 0.3) is 0 Å². The molecule has 0 bridgehead atoms. The Morgan fingerprint density at radius 1 is 1.18 bits per heavy atom. The van der Waals surface area contributed by atoms with Crippen molar-refractivity contribution in [2.45, 2.75) is 83.8 Å². The molecule has 1 aromatic carbocycles. The van der Waals surface area contributed by atoms with Crippen LogP contribution in [0.1, 0.15) is 81.0 Å². The van der Waals surface area contributed by atoms with Crippen LogP contribution < -0.4 is 10.1 Å².